The third-order valence-corrected chi connectivity index (χ3v) is 3.65. The van der Waals surface area contributed by atoms with Crippen molar-refractivity contribution in [2.45, 2.75) is 30.6 Å². The molecule has 0 aliphatic carbocycles. The number of piperidine rings is 1. The van der Waals surface area contributed by atoms with E-state index in [1.807, 2.05) is 0 Å². The predicted molar refractivity (Wildman–Crippen MR) is 77.3 cm³/mol. The molecule has 0 radical (unpaired) electrons. The van der Waals surface area contributed by atoms with Crippen molar-refractivity contribution in [1.29, 1.82) is 0 Å². The van der Waals surface area contributed by atoms with Crippen LogP contribution in [0.15, 0.2) is 29.4 Å². The second-order valence-electron chi connectivity index (χ2n) is 5.03. The number of hydrazone groups is 1. The number of nitrogens with zero attached hydrogens (tertiary/aromatic N) is 2. The minimum Gasteiger partial charge on any atom is -0.497 e. The van der Waals surface area contributed by atoms with Crippen LogP contribution in [-0.4, -0.2) is 81.1 Å². The van der Waals surface area contributed by atoms with E-state index in [4.69, 9.17) is 4.74 Å². The maximum Gasteiger partial charge on any atom is 0.171 e. The number of methoxy groups -OCH3 is 1. The van der Waals surface area contributed by atoms with Crippen LogP contribution in [0.5, 0.6) is 5.75 Å². The van der Waals surface area contributed by atoms with E-state index in [-0.39, 0.29) is 0 Å². The van der Waals surface area contributed by atoms with Gasteiger partial charge in [-0.05, 0) is 29.8 Å². The fraction of sp³-hybridized carbons (Fsp3) is 0.500. The van der Waals surface area contributed by atoms with Crippen LogP contribution in [0.25, 0.3) is 0 Å². The lowest BCUT2D eigenvalue weighted by molar-refractivity contribution is -0.222. The Hall–Kier alpha value is -1.71. The average molecular weight is 312 g/mol. The van der Waals surface area contributed by atoms with Crippen LogP contribution in [0.4, 0.5) is 0 Å². The Labute approximate surface area is 127 Å². The van der Waals surface area contributed by atoms with Crippen LogP contribution in [0.2, 0.25) is 0 Å². The summed E-state index contributed by atoms with van der Waals surface area (Å²) in [5.74, 6) is 0.678. The van der Waals surface area contributed by atoms with Crippen LogP contribution in [-0.2, 0) is 0 Å². The van der Waals surface area contributed by atoms with Gasteiger partial charge >= 0.3 is 0 Å². The summed E-state index contributed by atoms with van der Waals surface area (Å²) in [5, 5.41) is 53.4. The summed E-state index contributed by atoms with van der Waals surface area (Å²) >= 11 is 0. The Morgan fingerprint density at radius 2 is 1.73 bits per heavy atom. The molecule has 0 spiro atoms. The van der Waals surface area contributed by atoms with Gasteiger partial charge in [-0.3, -0.25) is 5.01 Å². The van der Waals surface area contributed by atoms with Crippen LogP contribution in [0, 0.1) is 0 Å². The Balaban J connectivity index is 2.18. The van der Waals surface area contributed by atoms with E-state index in [0.717, 1.165) is 5.01 Å². The molecule has 8 nitrogen and oxygen atoms in total. The monoisotopic (exact) mass is 312 g/mol. The first kappa shape index (κ1) is 16.7. The van der Waals surface area contributed by atoms with E-state index >= 15 is 0 Å². The summed E-state index contributed by atoms with van der Waals surface area (Å²) in [6, 6.07) is 5.89. The molecule has 1 heterocycles. The van der Waals surface area contributed by atoms with E-state index in [2.05, 4.69) is 5.10 Å². The smallest absolute Gasteiger partial charge is 0.171 e. The van der Waals surface area contributed by atoms with E-state index in [1.165, 1.54) is 6.21 Å². The van der Waals surface area contributed by atoms with Gasteiger partial charge in [-0.2, -0.15) is 5.10 Å². The molecule has 0 amide bonds. The van der Waals surface area contributed by atoms with Crippen molar-refractivity contribution in [1.82, 2.24) is 5.01 Å². The van der Waals surface area contributed by atoms with E-state index in [0.29, 0.717) is 11.3 Å². The maximum atomic E-state index is 9.95. The maximum absolute atomic E-state index is 9.95. The molecule has 2 rings (SSSR count). The molecule has 1 aliphatic heterocycles. The lowest BCUT2D eigenvalue weighted by Crippen LogP contribution is -2.65. The molecule has 5 N–H and O–H groups in total. The molecule has 1 aliphatic rings. The SMILES string of the molecule is COc1ccc(/C=N/N2C(O)[C@H](O)[C@@H](O)[C@H](O)[C@H]2CO)cc1. The highest BCUT2D eigenvalue weighted by atomic mass is 16.5. The highest BCUT2D eigenvalue weighted by Crippen LogP contribution is 2.23. The standard InChI is InChI=1S/C14H20N2O6/c1-22-9-4-2-8(3-5-9)6-15-16-10(7-17)11(18)12(19)13(20)14(16)21/h2-6,10-14,17-21H,7H2,1H3/b15-6+/t10-,11-,12+,13-,14?/m1/s1. The molecule has 22 heavy (non-hydrogen) atoms. The molecule has 0 bridgehead atoms. The molecular formula is C14H20N2O6. The average Bonchev–Trinajstić information content (AvgIpc) is 2.55. The Morgan fingerprint density at radius 3 is 2.27 bits per heavy atom. The molecule has 122 valence electrons. The summed E-state index contributed by atoms with van der Waals surface area (Å²) in [7, 11) is 1.55. The first-order valence-corrected chi connectivity index (χ1v) is 6.79. The van der Waals surface area contributed by atoms with Crippen molar-refractivity contribution in [3.8, 4) is 5.75 Å². The summed E-state index contributed by atoms with van der Waals surface area (Å²) < 4.78 is 5.03. The number of ether oxygens (including phenoxy) is 1. The Bertz CT molecular complexity index is 509. The largest absolute Gasteiger partial charge is 0.497 e. The van der Waals surface area contributed by atoms with Gasteiger partial charge in [-0.25, -0.2) is 0 Å². The van der Waals surface area contributed by atoms with Gasteiger partial charge in [0.2, 0.25) is 0 Å². The second kappa shape index (κ2) is 7.03. The van der Waals surface area contributed by atoms with E-state index < -0.39 is 37.2 Å². The third-order valence-electron chi connectivity index (χ3n) is 3.65. The summed E-state index contributed by atoms with van der Waals surface area (Å²) in [5.41, 5.74) is 0.694. The molecule has 1 aromatic carbocycles. The van der Waals surface area contributed by atoms with Crippen molar-refractivity contribution >= 4 is 6.21 Å². The summed E-state index contributed by atoms with van der Waals surface area (Å²) in [6.45, 7) is -0.540. The van der Waals surface area contributed by atoms with Gasteiger partial charge in [-0.15, -0.1) is 0 Å². The van der Waals surface area contributed by atoms with Gasteiger partial charge in [0.05, 0.1) is 19.9 Å². The van der Waals surface area contributed by atoms with Gasteiger partial charge in [0, 0.05) is 0 Å². The molecular weight excluding hydrogens is 292 g/mol. The number of hydrogen-bond acceptors (Lipinski definition) is 8. The summed E-state index contributed by atoms with van der Waals surface area (Å²) in [4.78, 5) is 0. The second-order valence-corrected chi connectivity index (χ2v) is 5.03. The third kappa shape index (κ3) is 3.21. The lowest BCUT2D eigenvalue weighted by Gasteiger charge is -2.44. The zero-order valence-electron chi connectivity index (χ0n) is 12.0. The minimum atomic E-state index is -1.59. The number of aliphatic hydroxyl groups excluding tert-OH is 5. The van der Waals surface area contributed by atoms with Crippen molar-refractivity contribution < 1.29 is 30.3 Å². The first-order chi connectivity index (χ1) is 10.5. The van der Waals surface area contributed by atoms with E-state index in [9.17, 15) is 25.5 Å². The highest BCUT2D eigenvalue weighted by molar-refractivity contribution is 5.79. The van der Waals surface area contributed by atoms with Crippen molar-refractivity contribution in [3.05, 3.63) is 29.8 Å². The topological polar surface area (TPSA) is 126 Å². The van der Waals surface area contributed by atoms with Crippen LogP contribution in [0.1, 0.15) is 5.56 Å². The molecule has 0 saturated carbocycles. The molecule has 0 aromatic heterocycles. The van der Waals surface area contributed by atoms with E-state index in [1.54, 1.807) is 31.4 Å². The van der Waals surface area contributed by atoms with Gasteiger partial charge in [0.1, 0.15) is 30.1 Å². The van der Waals surface area contributed by atoms with Gasteiger partial charge in [0.25, 0.3) is 0 Å². The Kier molecular flexibility index (Phi) is 5.33. The molecule has 1 saturated heterocycles. The van der Waals surface area contributed by atoms with Crippen molar-refractivity contribution in [2.24, 2.45) is 5.10 Å². The lowest BCUT2D eigenvalue weighted by atomic mass is 9.94. The number of rotatable bonds is 4. The van der Waals surface area contributed by atoms with Crippen molar-refractivity contribution in [2.75, 3.05) is 13.7 Å². The van der Waals surface area contributed by atoms with Crippen LogP contribution in [0.3, 0.4) is 0 Å². The van der Waals surface area contributed by atoms with Crippen molar-refractivity contribution in [3.63, 3.8) is 0 Å². The number of hydrogen-bond donors (Lipinski definition) is 5. The van der Waals surface area contributed by atoms with Gasteiger partial charge < -0.3 is 30.3 Å². The van der Waals surface area contributed by atoms with Gasteiger partial charge in [-0.1, -0.05) is 0 Å². The predicted octanol–water partition coefficient (Wildman–Crippen LogP) is -1.89. The minimum absolute atomic E-state index is 0.540. The number of aliphatic hydroxyl groups is 5. The highest BCUT2D eigenvalue weighted by Gasteiger charge is 2.46. The normalized spacial score (nSPS) is 32.5. The molecule has 5 atom stereocenters. The summed E-state index contributed by atoms with van der Waals surface area (Å²) in [6.07, 6.45) is -4.71. The molecule has 8 heteroatoms. The quantitative estimate of drug-likeness (QED) is 0.411. The zero-order chi connectivity index (χ0) is 16.3. The first-order valence-electron chi connectivity index (χ1n) is 6.79. The fourth-order valence-corrected chi connectivity index (χ4v) is 2.28. The van der Waals surface area contributed by atoms with Crippen LogP contribution >= 0.6 is 0 Å². The molecule has 1 aromatic rings. The van der Waals surface area contributed by atoms with Gasteiger partial charge in [0.15, 0.2) is 6.23 Å². The molecule has 1 unspecified atom stereocenters. The number of benzene rings is 1. The van der Waals surface area contributed by atoms with Crippen LogP contribution < -0.4 is 4.74 Å². The Morgan fingerprint density at radius 1 is 1.09 bits per heavy atom. The molecule has 1 fully saturated rings. The zero-order valence-corrected chi connectivity index (χ0v) is 12.0. The fourth-order valence-electron chi connectivity index (χ4n) is 2.28.